The number of nitrogens with one attached hydrogen (secondary N) is 1. The summed E-state index contributed by atoms with van der Waals surface area (Å²) in [6, 6.07) is 5.94. The van der Waals surface area contributed by atoms with Gasteiger partial charge in [-0.2, -0.15) is 0 Å². The molecule has 1 nitrogen and oxygen atoms in total. The highest BCUT2D eigenvalue weighted by molar-refractivity contribution is 9.10. The number of benzene rings is 1. The fourth-order valence-corrected chi connectivity index (χ4v) is 2.83. The van der Waals surface area contributed by atoms with Crippen LogP contribution >= 0.6 is 27.5 Å². The second-order valence-corrected chi connectivity index (χ2v) is 6.65. The predicted octanol–water partition coefficient (Wildman–Crippen LogP) is 4.63. The molecule has 0 bridgehead atoms. The van der Waals surface area contributed by atoms with Gasteiger partial charge in [-0.3, -0.25) is 0 Å². The van der Waals surface area contributed by atoms with Crippen LogP contribution in [0.25, 0.3) is 0 Å². The van der Waals surface area contributed by atoms with Gasteiger partial charge in [0.1, 0.15) is 0 Å². The summed E-state index contributed by atoms with van der Waals surface area (Å²) in [6.45, 7) is 6.65. The van der Waals surface area contributed by atoms with Crippen molar-refractivity contribution in [1.29, 1.82) is 0 Å². The van der Waals surface area contributed by atoms with Crippen LogP contribution in [0.2, 0.25) is 5.02 Å². The van der Waals surface area contributed by atoms with Crippen molar-refractivity contribution in [2.45, 2.75) is 33.2 Å². The highest BCUT2D eigenvalue weighted by Crippen LogP contribution is 2.51. The largest absolute Gasteiger partial charge is 0.312 e. The fourth-order valence-electron chi connectivity index (χ4n) is 2.24. The van der Waals surface area contributed by atoms with Crippen molar-refractivity contribution < 1.29 is 0 Å². The Kier molecular flexibility index (Phi) is 4.17. The molecule has 17 heavy (non-hydrogen) atoms. The maximum Gasteiger partial charge on any atom is 0.0410 e. The van der Waals surface area contributed by atoms with Crippen LogP contribution in [0, 0.1) is 11.3 Å². The Balaban J connectivity index is 1.88. The highest BCUT2D eigenvalue weighted by Gasteiger charge is 2.44. The molecule has 0 aliphatic heterocycles. The molecule has 2 rings (SSSR count). The smallest absolute Gasteiger partial charge is 0.0410 e. The summed E-state index contributed by atoms with van der Waals surface area (Å²) in [7, 11) is 0. The van der Waals surface area contributed by atoms with E-state index in [1.54, 1.807) is 0 Å². The van der Waals surface area contributed by atoms with Crippen molar-refractivity contribution in [1.82, 2.24) is 5.32 Å². The van der Waals surface area contributed by atoms with Gasteiger partial charge in [-0.15, -0.1) is 0 Å². The van der Waals surface area contributed by atoms with E-state index in [-0.39, 0.29) is 0 Å². The lowest BCUT2D eigenvalue weighted by molar-refractivity contribution is 0.337. The average Bonchev–Trinajstić information content (AvgIpc) is 3.04. The number of hydrogen-bond donors (Lipinski definition) is 1. The maximum atomic E-state index is 6.00. The van der Waals surface area contributed by atoms with Crippen molar-refractivity contribution in [3.8, 4) is 0 Å². The molecule has 94 valence electrons. The summed E-state index contributed by atoms with van der Waals surface area (Å²) in [4.78, 5) is 0. The van der Waals surface area contributed by atoms with Gasteiger partial charge in [0.2, 0.25) is 0 Å². The molecule has 1 saturated carbocycles. The first-order chi connectivity index (χ1) is 8.03. The van der Waals surface area contributed by atoms with Crippen molar-refractivity contribution in [2.75, 3.05) is 6.54 Å². The topological polar surface area (TPSA) is 12.0 Å². The molecular weight excluding hydrogens is 298 g/mol. The molecule has 0 radical (unpaired) electrons. The zero-order valence-electron chi connectivity index (χ0n) is 10.4. The van der Waals surface area contributed by atoms with Crippen LogP contribution in [0.15, 0.2) is 22.7 Å². The van der Waals surface area contributed by atoms with Crippen molar-refractivity contribution in [3.05, 3.63) is 33.3 Å². The molecule has 0 saturated heterocycles. The molecule has 0 heterocycles. The summed E-state index contributed by atoms with van der Waals surface area (Å²) in [5.41, 5.74) is 1.79. The van der Waals surface area contributed by atoms with E-state index in [4.69, 9.17) is 11.6 Å². The summed E-state index contributed by atoms with van der Waals surface area (Å²) < 4.78 is 1.13. The molecule has 1 aliphatic rings. The van der Waals surface area contributed by atoms with Gasteiger partial charge in [-0.1, -0.05) is 41.4 Å². The van der Waals surface area contributed by atoms with Crippen LogP contribution in [0.3, 0.4) is 0 Å². The second-order valence-electron chi connectivity index (χ2n) is 5.36. The van der Waals surface area contributed by atoms with E-state index in [1.165, 1.54) is 18.4 Å². The van der Waals surface area contributed by atoms with Gasteiger partial charge in [0.15, 0.2) is 0 Å². The van der Waals surface area contributed by atoms with E-state index in [9.17, 15) is 0 Å². The minimum absolute atomic E-state index is 0.561. The van der Waals surface area contributed by atoms with Crippen LogP contribution in [0.1, 0.15) is 32.3 Å². The van der Waals surface area contributed by atoms with Gasteiger partial charge < -0.3 is 5.32 Å². The molecule has 1 aromatic rings. The molecule has 0 unspecified atom stereocenters. The Morgan fingerprint density at radius 1 is 1.41 bits per heavy atom. The van der Waals surface area contributed by atoms with Crippen LogP contribution in [0.5, 0.6) is 0 Å². The summed E-state index contributed by atoms with van der Waals surface area (Å²) in [5, 5.41) is 4.37. The number of hydrogen-bond acceptors (Lipinski definition) is 1. The average molecular weight is 317 g/mol. The fraction of sp³-hybridized carbons (Fsp3) is 0.571. The molecule has 1 aliphatic carbocycles. The van der Waals surface area contributed by atoms with Crippen molar-refractivity contribution in [2.24, 2.45) is 11.3 Å². The SMILES string of the molecule is CC(C)C1(CNCc2cc(Cl)ccc2Br)CC1. The Bertz CT molecular complexity index is 399. The van der Waals surface area contributed by atoms with Crippen molar-refractivity contribution in [3.63, 3.8) is 0 Å². The zero-order valence-corrected chi connectivity index (χ0v) is 12.7. The van der Waals surface area contributed by atoms with Gasteiger partial charge >= 0.3 is 0 Å². The molecule has 0 aromatic heterocycles. The number of rotatable bonds is 5. The summed E-state index contributed by atoms with van der Waals surface area (Å²) in [6.07, 6.45) is 2.74. The summed E-state index contributed by atoms with van der Waals surface area (Å²) in [5.74, 6) is 0.776. The lowest BCUT2D eigenvalue weighted by atomic mass is 9.92. The van der Waals surface area contributed by atoms with E-state index < -0.39 is 0 Å². The van der Waals surface area contributed by atoms with E-state index >= 15 is 0 Å². The molecular formula is C14H19BrClN. The summed E-state index contributed by atoms with van der Waals surface area (Å²) >= 11 is 9.56. The van der Waals surface area contributed by atoms with Crippen LogP contribution in [0.4, 0.5) is 0 Å². The zero-order chi connectivity index (χ0) is 12.5. The minimum Gasteiger partial charge on any atom is -0.312 e. The third-order valence-electron chi connectivity index (χ3n) is 3.92. The van der Waals surface area contributed by atoms with Gasteiger partial charge in [-0.25, -0.2) is 0 Å². The molecule has 0 spiro atoms. The molecule has 3 heteroatoms. The monoisotopic (exact) mass is 315 g/mol. The Hall–Kier alpha value is -0.0500. The highest BCUT2D eigenvalue weighted by atomic mass is 79.9. The van der Waals surface area contributed by atoms with Gasteiger partial charge in [-0.05, 0) is 47.9 Å². The van der Waals surface area contributed by atoms with Gasteiger partial charge in [0.05, 0.1) is 0 Å². The molecule has 1 fully saturated rings. The molecule has 0 amide bonds. The standard InChI is InChI=1S/C14H19BrClN/c1-10(2)14(5-6-14)9-17-8-11-7-12(16)3-4-13(11)15/h3-4,7,10,17H,5-6,8-9H2,1-2H3. The lowest BCUT2D eigenvalue weighted by Gasteiger charge is -2.20. The Morgan fingerprint density at radius 2 is 2.12 bits per heavy atom. The normalized spacial score (nSPS) is 17.5. The van der Waals surface area contributed by atoms with E-state index in [2.05, 4.69) is 35.1 Å². The van der Waals surface area contributed by atoms with E-state index in [0.717, 1.165) is 28.5 Å². The first-order valence-electron chi connectivity index (χ1n) is 6.18. The molecule has 1 aromatic carbocycles. The van der Waals surface area contributed by atoms with E-state index in [1.807, 2.05) is 18.2 Å². The van der Waals surface area contributed by atoms with Crippen LogP contribution < -0.4 is 5.32 Å². The minimum atomic E-state index is 0.561. The number of halogens is 2. The quantitative estimate of drug-likeness (QED) is 0.835. The first kappa shape index (κ1) is 13.4. The molecule has 1 N–H and O–H groups in total. The third kappa shape index (κ3) is 3.24. The Labute approximate surface area is 117 Å². The molecule has 0 atom stereocenters. The second kappa shape index (κ2) is 5.29. The van der Waals surface area contributed by atoms with Crippen molar-refractivity contribution >= 4 is 27.5 Å². The van der Waals surface area contributed by atoms with Gasteiger partial charge in [0, 0.05) is 22.6 Å². The predicted molar refractivity (Wildman–Crippen MR) is 77.4 cm³/mol. The first-order valence-corrected chi connectivity index (χ1v) is 7.35. The Morgan fingerprint density at radius 3 is 2.71 bits per heavy atom. The third-order valence-corrected chi connectivity index (χ3v) is 4.93. The lowest BCUT2D eigenvalue weighted by Crippen LogP contribution is -2.27. The van der Waals surface area contributed by atoms with Crippen LogP contribution in [-0.4, -0.2) is 6.54 Å². The van der Waals surface area contributed by atoms with E-state index in [0.29, 0.717) is 5.41 Å². The van der Waals surface area contributed by atoms with Gasteiger partial charge in [0.25, 0.3) is 0 Å². The van der Waals surface area contributed by atoms with Crippen LogP contribution in [-0.2, 0) is 6.54 Å². The maximum absolute atomic E-state index is 6.00.